The monoisotopic (exact) mass is 406 g/mol. The molecule has 1 saturated heterocycles. The Morgan fingerprint density at radius 1 is 1.34 bits per heavy atom. The molecule has 0 bridgehead atoms. The average Bonchev–Trinajstić information content (AvgIpc) is 3.13. The normalized spacial score (nSPS) is 35.5. The van der Waals surface area contributed by atoms with Crippen molar-refractivity contribution < 1.29 is 38.4 Å². The highest BCUT2D eigenvalue weighted by Gasteiger charge is 2.55. The molecule has 1 N–H and O–H groups in total. The summed E-state index contributed by atoms with van der Waals surface area (Å²) in [6.07, 6.45) is 1.72. The van der Waals surface area contributed by atoms with Crippen LogP contribution in [0.3, 0.4) is 0 Å². The van der Waals surface area contributed by atoms with Crippen LogP contribution in [0.2, 0.25) is 0 Å². The summed E-state index contributed by atoms with van der Waals surface area (Å²) in [5.74, 6) is -1.80. The Balaban J connectivity index is 2.10. The van der Waals surface area contributed by atoms with Gasteiger partial charge >= 0.3 is 17.9 Å². The van der Waals surface area contributed by atoms with Crippen molar-refractivity contribution in [1.29, 1.82) is 0 Å². The van der Waals surface area contributed by atoms with E-state index in [0.29, 0.717) is 12.8 Å². The van der Waals surface area contributed by atoms with Crippen molar-refractivity contribution in [3.8, 4) is 0 Å². The molecule has 3 rings (SSSR count). The summed E-state index contributed by atoms with van der Waals surface area (Å²) in [6, 6.07) is 0. The van der Waals surface area contributed by atoms with Crippen LogP contribution in [-0.4, -0.2) is 53.0 Å². The van der Waals surface area contributed by atoms with Crippen molar-refractivity contribution in [2.45, 2.75) is 70.4 Å². The van der Waals surface area contributed by atoms with Gasteiger partial charge in [-0.25, -0.2) is 9.59 Å². The smallest absolute Gasteiger partial charge is 0.343 e. The van der Waals surface area contributed by atoms with Gasteiger partial charge in [-0.2, -0.15) is 0 Å². The van der Waals surface area contributed by atoms with Crippen LogP contribution in [0, 0.1) is 0 Å². The van der Waals surface area contributed by atoms with E-state index in [0.717, 1.165) is 0 Å². The number of carbonyl (C=O) groups is 3. The van der Waals surface area contributed by atoms with Gasteiger partial charge in [0.25, 0.3) is 0 Å². The molecular formula is C21H26O8. The minimum absolute atomic E-state index is 0.0724. The highest BCUT2D eigenvalue weighted by molar-refractivity contribution is 5.96. The minimum atomic E-state index is -1.27. The molecule has 29 heavy (non-hydrogen) atoms. The Kier molecular flexibility index (Phi) is 5.44. The summed E-state index contributed by atoms with van der Waals surface area (Å²) >= 11 is 0. The standard InChI is InChI=1S/C21H26O8/c1-11(2)18(23)27-15-9-21(5)16(29-21)6-7-20(4,25)8-14-17(15)13(19(24)28-14)10-26-12(3)22/h8,15-16,25H,1,6-7,9-10H2,2-5H3/b14-8-/t15-,16+,20-,21-/m0/s1. The van der Waals surface area contributed by atoms with Crippen molar-refractivity contribution in [2.24, 2.45) is 0 Å². The number of hydrogen-bond donors (Lipinski definition) is 1. The second-order valence-corrected chi connectivity index (χ2v) is 8.26. The number of hydrogen-bond acceptors (Lipinski definition) is 8. The first-order valence-corrected chi connectivity index (χ1v) is 9.50. The molecule has 8 heteroatoms. The Labute approximate surface area is 169 Å². The molecular weight excluding hydrogens is 380 g/mol. The molecule has 0 amide bonds. The van der Waals surface area contributed by atoms with Crippen LogP contribution in [-0.2, 0) is 33.3 Å². The van der Waals surface area contributed by atoms with Gasteiger partial charge in [-0.15, -0.1) is 0 Å². The zero-order valence-corrected chi connectivity index (χ0v) is 17.1. The predicted molar refractivity (Wildman–Crippen MR) is 100 cm³/mol. The van der Waals surface area contributed by atoms with E-state index in [2.05, 4.69) is 6.58 Å². The summed E-state index contributed by atoms with van der Waals surface area (Å²) in [5, 5.41) is 10.8. The summed E-state index contributed by atoms with van der Waals surface area (Å²) < 4.78 is 21.9. The average molecular weight is 406 g/mol. The fourth-order valence-corrected chi connectivity index (χ4v) is 3.66. The van der Waals surface area contributed by atoms with Crippen LogP contribution in [0.4, 0.5) is 0 Å². The molecule has 0 aromatic heterocycles. The van der Waals surface area contributed by atoms with E-state index in [1.165, 1.54) is 19.9 Å². The van der Waals surface area contributed by atoms with Gasteiger partial charge in [0.15, 0.2) is 0 Å². The maximum Gasteiger partial charge on any atom is 0.343 e. The van der Waals surface area contributed by atoms with Gasteiger partial charge in [0.2, 0.25) is 0 Å². The van der Waals surface area contributed by atoms with Gasteiger partial charge in [0, 0.05) is 24.5 Å². The summed E-state index contributed by atoms with van der Waals surface area (Å²) in [7, 11) is 0. The highest BCUT2D eigenvalue weighted by atomic mass is 16.6. The van der Waals surface area contributed by atoms with Crippen molar-refractivity contribution in [3.63, 3.8) is 0 Å². The van der Waals surface area contributed by atoms with Crippen LogP contribution in [0.5, 0.6) is 0 Å². The molecule has 0 spiro atoms. The van der Waals surface area contributed by atoms with Crippen LogP contribution in [0.15, 0.2) is 35.1 Å². The van der Waals surface area contributed by atoms with Gasteiger partial charge in [-0.3, -0.25) is 4.79 Å². The van der Waals surface area contributed by atoms with Crippen LogP contribution in [0.25, 0.3) is 0 Å². The third-order valence-electron chi connectivity index (χ3n) is 5.36. The summed E-state index contributed by atoms with van der Waals surface area (Å²) in [5.41, 5.74) is -1.30. The third-order valence-corrected chi connectivity index (χ3v) is 5.36. The van der Waals surface area contributed by atoms with E-state index in [1.807, 2.05) is 6.92 Å². The molecule has 2 heterocycles. The lowest BCUT2D eigenvalue weighted by Gasteiger charge is -2.26. The molecule has 158 valence electrons. The van der Waals surface area contributed by atoms with Gasteiger partial charge < -0.3 is 24.1 Å². The quantitative estimate of drug-likeness (QED) is 0.326. The number of ether oxygens (including phenoxy) is 4. The molecule has 4 atom stereocenters. The Bertz CT molecular complexity index is 834. The molecule has 2 aliphatic heterocycles. The van der Waals surface area contributed by atoms with E-state index >= 15 is 0 Å². The zero-order valence-electron chi connectivity index (χ0n) is 17.1. The number of carbonyl (C=O) groups excluding carboxylic acids is 3. The largest absolute Gasteiger partial charge is 0.461 e. The lowest BCUT2D eigenvalue weighted by Crippen LogP contribution is -2.31. The van der Waals surface area contributed by atoms with Crippen molar-refractivity contribution in [3.05, 3.63) is 35.1 Å². The first-order valence-electron chi connectivity index (χ1n) is 9.50. The molecule has 0 aromatic rings. The molecule has 0 unspecified atom stereocenters. The highest BCUT2D eigenvalue weighted by Crippen LogP contribution is 2.48. The first-order chi connectivity index (χ1) is 13.4. The number of epoxide rings is 1. The zero-order chi connectivity index (χ0) is 21.6. The molecule has 1 aliphatic carbocycles. The first kappa shape index (κ1) is 21.3. The van der Waals surface area contributed by atoms with E-state index in [-0.39, 0.29) is 41.6 Å². The van der Waals surface area contributed by atoms with Crippen molar-refractivity contribution in [2.75, 3.05) is 6.61 Å². The molecule has 3 aliphatic rings. The fourth-order valence-electron chi connectivity index (χ4n) is 3.66. The lowest BCUT2D eigenvalue weighted by atomic mass is 9.86. The SMILES string of the molecule is C=C(C)C(=O)O[C@H]1C[C@]2(C)O[C@@H]2CC[C@](C)(O)/C=C2\OC(=O)C(COC(C)=O)=C21. The number of rotatable bonds is 4. The number of esters is 3. The second kappa shape index (κ2) is 7.42. The molecule has 0 radical (unpaired) electrons. The maximum absolute atomic E-state index is 12.5. The fraction of sp³-hybridized carbons (Fsp3) is 0.571. The second-order valence-electron chi connectivity index (χ2n) is 8.26. The van der Waals surface area contributed by atoms with Crippen molar-refractivity contribution >= 4 is 17.9 Å². The summed E-state index contributed by atoms with van der Waals surface area (Å²) in [6.45, 7) is 9.51. The van der Waals surface area contributed by atoms with Crippen LogP contribution in [0.1, 0.15) is 47.0 Å². The van der Waals surface area contributed by atoms with E-state index in [9.17, 15) is 19.5 Å². The Hall–Kier alpha value is -2.45. The molecule has 0 saturated carbocycles. The van der Waals surface area contributed by atoms with Gasteiger partial charge in [0.1, 0.15) is 18.5 Å². The number of fused-ring (bicyclic) bond motifs is 2. The minimum Gasteiger partial charge on any atom is -0.461 e. The Morgan fingerprint density at radius 3 is 2.66 bits per heavy atom. The maximum atomic E-state index is 12.5. The van der Waals surface area contributed by atoms with Crippen LogP contribution < -0.4 is 0 Å². The third kappa shape index (κ3) is 4.59. The van der Waals surface area contributed by atoms with Crippen LogP contribution >= 0.6 is 0 Å². The van der Waals surface area contributed by atoms with Gasteiger partial charge in [-0.05, 0) is 39.7 Å². The molecule has 1 fully saturated rings. The van der Waals surface area contributed by atoms with Crippen molar-refractivity contribution in [1.82, 2.24) is 0 Å². The topological polar surface area (TPSA) is 112 Å². The predicted octanol–water partition coefficient (Wildman–Crippen LogP) is 1.87. The van der Waals surface area contributed by atoms with E-state index in [1.54, 1.807) is 6.92 Å². The van der Waals surface area contributed by atoms with Gasteiger partial charge in [0.05, 0.1) is 22.9 Å². The van der Waals surface area contributed by atoms with E-state index < -0.39 is 35.2 Å². The number of aliphatic hydroxyl groups is 1. The summed E-state index contributed by atoms with van der Waals surface area (Å²) in [4.78, 5) is 36.1. The lowest BCUT2D eigenvalue weighted by molar-refractivity contribution is -0.144. The molecule has 0 aromatic carbocycles. The van der Waals surface area contributed by atoms with E-state index in [4.69, 9.17) is 18.9 Å². The van der Waals surface area contributed by atoms with Gasteiger partial charge in [-0.1, -0.05) is 6.58 Å². The Morgan fingerprint density at radius 2 is 2.03 bits per heavy atom. The molecule has 8 nitrogen and oxygen atoms in total.